The molecule has 5 atom stereocenters. The van der Waals surface area contributed by atoms with Crippen LogP contribution in [0.25, 0.3) is 0 Å². The normalized spacial score (nSPS) is 18.0. The zero-order valence-corrected chi connectivity index (χ0v) is 24.1. The Balaban J connectivity index is 1.40. The van der Waals surface area contributed by atoms with Crippen molar-refractivity contribution in [2.45, 2.75) is 50.9 Å². The second-order valence-corrected chi connectivity index (χ2v) is 10.6. The van der Waals surface area contributed by atoms with Crippen LogP contribution in [0.5, 0.6) is 5.75 Å². The van der Waals surface area contributed by atoms with Crippen LogP contribution in [0.15, 0.2) is 72.8 Å². The molecule has 1 aliphatic heterocycles. The summed E-state index contributed by atoms with van der Waals surface area (Å²) in [5, 5.41) is 24.3. The molecule has 0 aromatic heterocycles. The van der Waals surface area contributed by atoms with Crippen LogP contribution < -0.4 is 20.3 Å². The number of carbonyl (C=O) groups excluding carboxylic acids is 3. The number of benzene rings is 3. The van der Waals surface area contributed by atoms with E-state index in [1.54, 1.807) is 29.2 Å². The lowest BCUT2D eigenvalue weighted by molar-refractivity contribution is -0.141. The van der Waals surface area contributed by atoms with Gasteiger partial charge in [-0.15, -0.1) is 0 Å². The highest BCUT2D eigenvalue weighted by Crippen LogP contribution is 2.46. The fourth-order valence-corrected chi connectivity index (χ4v) is 4.95. The number of carboxylic acids is 1. The number of carboxylic acid groups (broad SMARTS) is 1. The van der Waals surface area contributed by atoms with Gasteiger partial charge in [0.05, 0.1) is 18.1 Å². The van der Waals surface area contributed by atoms with Gasteiger partial charge in [0.1, 0.15) is 29.5 Å². The van der Waals surface area contributed by atoms with E-state index in [0.29, 0.717) is 23.4 Å². The summed E-state index contributed by atoms with van der Waals surface area (Å²) in [7, 11) is 0. The molecule has 10 nitrogen and oxygen atoms in total. The molecule has 0 saturated carbocycles. The molecule has 12 heteroatoms. The van der Waals surface area contributed by atoms with Gasteiger partial charge in [-0.3, -0.25) is 19.2 Å². The van der Waals surface area contributed by atoms with Crippen molar-refractivity contribution >= 4 is 29.4 Å². The number of nitrogens with one attached hydrogen (secondary N) is 2. The molecule has 1 saturated heterocycles. The Labute approximate surface area is 252 Å². The maximum absolute atomic E-state index is 13.6. The minimum atomic E-state index is -1.20. The van der Waals surface area contributed by atoms with Crippen LogP contribution in [0.2, 0.25) is 0 Å². The van der Waals surface area contributed by atoms with E-state index in [0.717, 1.165) is 5.56 Å². The number of amides is 3. The van der Waals surface area contributed by atoms with E-state index in [-0.39, 0.29) is 12.3 Å². The summed E-state index contributed by atoms with van der Waals surface area (Å²) in [6, 6.07) is 15.3. The SMILES string of the molecule is CC(NC(=O)C(C)NC(=O)COc1ccc(C2C(CCC(O)c3ccc(F)cc3)C(=O)N2c2ccc(F)cc2)cc1)C(=O)O. The highest BCUT2D eigenvalue weighted by atomic mass is 19.1. The minimum Gasteiger partial charge on any atom is -0.484 e. The van der Waals surface area contributed by atoms with Crippen LogP contribution in [0.4, 0.5) is 14.5 Å². The number of aliphatic carboxylic acids is 1. The first-order chi connectivity index (χ1) is 20.9. The number of hydrogen-bond acceptors (Lipinski definition) is 6. The van der Waals surface area contributed by atoms with E-state index >= 15 is 0 Å². The van der Waals surface area contributed by atoms with Gasteiger partial charge in [-0.1, -0.05) is 24.3 Å². The van der Waals surface area contributed by atoms with E-state index in [1.807, 2.05) is 0 Å². The third kappa shape index (κ3) is 7.75. The van der Waals surface area contributed by atoms with Crippen molar-refractivity contribution in [3.05, 3.63) is 95.6 Å². The van der Waals surface area contributed by atoms with Crippen LogP contribution in [0.3, 0.4) is 0 Å². The number of halogens is 2. The van der Waals surface area contributed by atoms with Gasteiger partial charge in [-0.25, -0.2) is 8.78 Å². The largest absolute Gasteiger partial charge is 0.484 e. The van der Waals surface area contributed by atoms with Gasteiger partial charge in [0.2, 0.25) is 11.8 Å². The van der Waals surface area contributed by atoms with Crippen molar-refractivity contribution in [2.24, 2.45) is 5.92 Å². The van der Waals surface area contributed by atoms with Gasteiger partial charge in [-0.2, -0.15) is 0 Å². The van der Waals surface area contributed by atoms with Crippen molar-refractivity contribution in [2.75, 3.05) is 11.5 Å². The molecule has 44 heavy (non-hydrogen) atoms. The summed E-state index contributed by atoms with van der Waals surface area (Å²) in [6.07, 6.45) is -0.285. The molecular weight excluding hydrogens is 576 g/mol. The second kappa shape index (κ2) is 14.1. The van der Waals surface area contributed by atoms with Gasteiger partial charge in [0.25, 0.3) is 5.91 Å². The molecule has 3 amide bonds. The van der Waals surface area contributed by atoms with Gasteiger partial charge in [0, 0.05) is 5.69 Å². The van der Waals surface area contributed by atoms with Gasteiger partial charge >= 0.3 is 5.97 Å². The standard InChI is InChI=1S/C32H33F2N3O7/c1-18(30(40)36-19(2)32(42)43)35-28(39)17-44-25-13-5-21(6-14-25)29-26(15-16-27(38)20-3-7-22(33)8-4-20)31(41)37(29)24-11-9-23(34)10-12-24/h3-14,18-19,26-27,29,38H,15-17H2,1-2H3,(H,35,39)(H,36,40)(H,42,43). The third-order valence-corrected chi connectivity index (χ3v) is 7.42. The van der Waals surface area contributed by atoms with Crippen LogP contribution in [0.1, 0.15) is 50.0 Å². The Bertz CT molecular complexity index is 1480. The van der Waals surface area contributed by atoms with Crippen LogP contribution in [-0.4, -0.2) is 52.6 Å². The summed E-state index contributed by atoms with van der Waals surface area (Å²) in [4.78, 5) is 50.1. The van der Waals surface area contributed by atoms with Crippen molar-refractivity contribution in [1.29, 1.82) is 0 Å². The molecule has 3 aromatic rings. The summed E-state index contributed by atoms with van der Waals surface area (Å²) >= 11 is 0. The predicted molar refractivity (Wildman–Crippen MR) is 155 cm³/mol. The number of anilines is 1. The van der Waals surface area contributed by atoms with Crippen molar-refractivity contribution in [3.63, 3.8) is 0 Å². The zero-order valence-electron chi connectivity index (χ0n) is 24.1. The molecule has 1 aliphatic rings. The average molecular weight is 610 g/mol. The monoisotopic (exact) mass is 609 g/mol. The molecule has 4 N–H and O–H groups in total. The van der Waals surface area contributed by atoms with Crippen molar-refractivity contribution in [1.82, 2.24) is 10.6 Å². The highest BCUT2D eigenvalue weighted by molar-refractivity contribution is 6.03. The molecule has 5 unspecified atom stereocenters. The Hall–Kier alpha value is -4.84. The molecular formula is C32H33F2N3O7. The van der Waals surface area contributed by atoms with Gasteiger partial charge in [0.15, 0.2) is 6.61 Å². The highest BCUT2D eigenvalue weighted by Gasteiger charge is 2.48. The van der Waals surface area contributed by atoms with Crippen LogP contribution in [0, 0.1) is 17.6 Å². The molecule has 4 rings (SSSR count). The first-order valence-electron chi connectivity index (χ1n) is 14.0. The molecule has 0 radical (unpaired) electrons. The van der Waals surface area contributed by atoms with Gasteiger partial charge < -0.3 is 30.5 Å². The van der Waals surface area contributed by atoms with Crippen molar-refractivity contribution < 1.29 is 42.9 Å². The summed E-state index contributed by atoms with van der Waals surface area (Å²) in [5.74, 6) is -3.61. The van der Waals surface area contributed by atoms with Crippen LogP contribution in [-0.2, 0) is 19.2 Å². The minimum absolute atomic E-state index is 0.180. The molecule has 3 aromatic carbocycles. The number of nitrogens with zero attached hydrogens (tertiary/aromatic N) is 1. The molecule has 0 spiro atoms. The molecule has 0 aliphatic carbocycles. The number of β-lactam (4-membered cyclic amide) rings is 1. The topological polar surface area (TPSA) is 145 Å². The lowest BCUT2D eigenvalue weighted by atomic mass is 9.78. The first kappa shape index (κ1) is 32.1. The maximum Gasteiger partial charge on any atom is 0.325 e. The lowest BCUT2D eigenvalue weighted by Gasteiger charge is -2.48. The zero-order chi connectivity index (χ0) is 32.0. The average Bonchev–Trinajstić information content (AvgIpc) is 3.00. The van der Waals surface area contributed by atoms with Crippen molar-refractivity contribution in [3.8, 4) is 5.75 Å². The fourth-order valence-electron chi connectivity index (χ4n) is 4.95. The Morgan fingerprint density at radius 2 is 1.48 bits per heavy atom. The Kier molecular flexibility index (Phi) is 10.3. The number of ether oxygens (including phenoxy) is 1. The number of carbonyl (C=O) groups is 4. The smallest absolute Gasteiger partial charge is 0.325 e. The quantitative estimate of drug-likeness (QED) is 0.217. The lowest BCUT2D eigenvalue weighted by Crippen LogP contribution is -2.55. The Morgan fingerprint density at radius 3 is 2.07 bits per heavy atom. The number of rotatable bonds is 13. The fraction of sp³-hybridized carbons (Fsp3) is 0.312. The van der Waals surface area contributed by atoms with E-state index < -0.39 is 66.2 Å². The van der Waals surface area contributed by atoms with Crippen LogP contribution >= 0.6 is 0 Å². The van der Waals surface area contributed by atoms with E-state index in [1.165, 1.54) is 62.4 Å². The Morgan fingerprint density at radius 1 is 0.886 bits per heavy atom. The second-order valence-electron chi connectivity index (χ2n) is 10.6. The predicted octanol–water partition coefficient (Wildman–Crippen LogP) is 3.66. The number of aliphatic hydroxyl groups is 1. The third-order valence-electron chi connectivity index (χ3n) is 7.42. The summed E-state index contributed by atoms with van der Waals surface area (Å²) in [5.41, 5.74) is 1.81. The van der Waals surface area contributed by atoms with E-state index in [4.69, 9.17) is 9.84 Å². The summed E-state index contributed by atoms with van der Waals surface area (Å²) < 4.78 is 32.4. The molecule has 0 bridgehead atoms. The maximum atomic E-state index is 13.6. The molecule has 232 valence electrons. The van der Waals surface area contributed by atoms with E-state index in [9.17, 15) is 33.1 Å². The van der Waals surface area contributed by atoms with E-state index in [2.05, 4.69) is 10.6 Å². The summed E-state index contributed by atoms with van der Waals surface area (Å²) in [6.45, 7) is 2.32. The molecule has 1 fully saturated rings. The van der Waals surface area contributed by atoms with Gasteiger partial charge in [-0.05, 0) is 86.3 Å². The number of aliphatic hydroxyl groups excluding tert-OH is 1. The first-order valence-corrected chi connectivity index (χ1v) is 14.0. The molecule has 1 heterocycles. The number of hydrogen-bond donors (Lipinski definition) is 4.